The first-order valence-electron chi connectivity index (χ1n) is 11.7. The lowest BCUT2D eigenvalue weighted by molar-refractivity contribution is 0.0725. The second kappa shape index (κ2) is 9.51. The van der Waals surface area contributed by atoms with Gasteiger partial charge in [0.2, 0.25) is 0 Å². The number of carbonyl (C=O) groups excluding carboxylic acids is 2. The van der Waals surface area contributed by atoms with E-state index in [1.54, 1.807) is 18.3 Å². The van der Waals surface area contributed by atoms with Crippen molar-refractivity contribution in [2.75, 3.05) is 44.2 Å². The van der Waals surface area contributed by atoms with Gasteiger partial charge >= 0.3 is 0 Å². The van der Waals surface area contributed by atoms with Crippen molar-refractivity contribution in [1.82, 2.24) is 25.0 Å². The third-order valence-corrected chi connectivity index (χ3v) is 6.10. The molecule has 4 rings (SSSR count). The quantitative estimate of drug-likeness (QED) is 0.745. The van der Waals surface area contributed by atoms with Crippen LogP contribution in [0, 0.1) is 6.92 Å². The first-order chi connectivity index (χ1) is 15.7. The summed E-state index contributed by atoms with van der Waals surface area (Å²) in [5.74, 6) is 0.502. The molecule has 1 atom stereocenters. The smallest absolute Gasteiger partial charge is 0.272 e. The Morgan fingerprint density at radius 1 is 1.21 bits per heavy atom. The summed E-state index contributed by atoms with van der Waals surface area (Å²) >= 11 is 0. The van der Waals surface area contributed by atoms with E-state index in [2.05, 4.69) is 20.3 Å². The molecule has 2 aliphatic rings. The highest BCUT2D eigenvalue weighted by Gasteiger charge is 2.30. The maximum Gasteiger partial charge on any atom is 0.272 e. The molecule has 0 saturated carbocycles. The van der Waals surface area contributed by atoms with Crippen LogP contribution in [0.25, 0.3) is 0 Å². The van der Waals surface area contributed by atoms with E-state index in [9.17, 15) is 9.59 Å². The highest BCUT2D eigenvalue weighted by atomic mass is 16.5. The number of nitrogens with zero attached hydrogens (tertiary/aromatic N) is 5. The van der Waals surface area contributed by atoms with E-state index in [4.69, 9.17) is 4.74 Å². The Balaban J connectivity index is 1.41. The van der Waals surface area contributed by atoms with Crippen LogP contribution in [-0.4, -0.2) is 76.9 Å². The number of hydrogen-bond acceptors (Lipinski definition) is 6. The zero-order valence-electron chi connectivity index (χ0n) is 20.0. The van der Waals surface area contributed by atoms with Gasteiger partial charge in [-0.1, -0.05) is 0 Å². The van der Waals surface area contributed by atoms with E-state index in [0.717, 1.165) is 25.1 Å². The van der Waals surface area contributed by atoms with Gasteiger partial charge in [0, 0.05) is 45.5 Å². The number of nitrogens with one attached hydrogen (secondary N) is 1. The van der Waals surface area contributed by atoms with Crippen LogP contribution in [0.1, 0.15) is 60.2 Å². The first-order valence-corrected chi connectivity index (χ1v) is 11.7. The van der Waals surface area contributed by atoms with E-state index >= 15 is 0 Å². The lowest BCUT2D eigenvalue weighted by atomic mass is 10.1. The summed E-state index contributed by atoms with van der Waals surface area (Å²) < 4.78 is 7.41. The van der Waals surface area contributed by atoms with Crippen LogP contribution in [0.4, 0.5) is 5.82 Å². The fourth-order valence-electron chi connectivity index (χ4n) is 4.38. The fourth-order valence-corrected chi connectivity index (χ4v) is 4.38. The van der Waals surface area contributed by atoms with Crippen molar-refractivity contribution in [2.24, 2.45) is 0 Å². The number of aromatic nitrogens is 3. The van der Waals surface area contributed by atoms with Crippen LogP contribution in [0.2, 0.25) is 0 Å². The topological polar surface area (TPSA) is 92.6 Å². The number of rotatable bonds is 5. The Morgan fingerprint density at radius 3 is 2.64 bits per heavy atom. The standard InChI is InChI=1S/C24H34N6O3/c1-17-15-20(30(27-17)24(2,3)4)23(32)29-12-10-28(11-13-29)21-19(8-5-9-25-21)22(31)26-16-18-7-6-14-33-18/h5,8-9,15,18H,6-7,10-14,16H2,1-4H3,(H,26,31). The van der Waals surface area contributed by atoms with Gasteiger partial charge in [0.1, 0.15) is 11.5 Å². The second-order valence-electron chi connectivity index (χ2n) is 9.75. The average molecular weight is 455 g/mol. The van der Waals surface area contributed by atoms with Crippen LogP contribution in [0.15, 0.2) is 24.4 Å². The van der Waals surface area contributed by atoms with Gasteiger partial charge in [-0.25, -0.2) is 4.98 Å². The Hall–Kier alpha value is -2.94. The summed E-state index contributed by atoms with van der Waals surface area (Å²) in [6.45, 7) is 11.6. The summed E-state index contributed by atoms with van der Waals surface area (Å²) in [4.78, 5) is 34.5. The molecule has 0 aliphatic carbocycles. The van der Waals surface area contributed by atoms with Crippen molar-refractivity contribution in [3.8, 4) is 0 Å². The lowest BCUT2D eigenvalue weighted by Gasteiger charge is -2.36. The van der Waals surface area contributed by atoms with E-state index in [0.29, 0.717) is 49.8 Å². The van der Waals surface area contributed by atoms with Gasteiger partial charge in [-0.3, -0.25) is 14.3 Å². The third kappa shape index (κ3) is 5.19. The molecule has 0 aromatic carbocycles. The minimum absolute atomic E-state index is 0.0132. The van der Waals surface area contributed by atoms with Crippen molar-refractivity contribution in [3.05, 3.63) is 41.3 Å². The molecule has 2 fully saturated rings. The number of hydrogen-bond donors (Lipinski definition) is 1. The Kier molecular flexibility index (Phi) is 6.69. The van der Waals surface area contributed by atoms with Crippen molar-refractivity contribution < 1.29 is 14.3 Å². The molecule has 33 heavy (non-hydrogen) atoms. The molecule has 9 nitrogen and oxygen atoms in total. The number of ether oxygens (including phenoxy) is 1. The molecule has 2 saturated heterocycles. The van der Waals surface area contributed by atoms with Crippen LogP contribution in [0.3, 0.4) is 0 Å². The van der Waals surface area contributed by atoms with Crippen LogP contribution >= 0.6 is 0 Å². The van der Waals surface area contributed by atoms with Gasteiger partial charge < -0.3 is 19.9 Å². The van der Waals surface area contributed by atoms with Gasteiger partial charge in [-0.15, -0.1) is 0 Å². The number of pyridine rings is 1. The van der Waals surface area contributed by atoms with Crippen molar-refractivity contribution in [3.63, 3.8) is 0 Å². The average Bonchev–Trinajstić information content (AvgIpc) is 3.46. The van der Waals surface area contributed by atoms with Gasteiger partial charge in [0.15, 0.2) is 0 Å². The maximum atomic E-state index is 13.3. The number of carbonyl (C=O) groups is 2. The highest BCUT2D eigenvalue weighted by Crippen LogP contribution is 2.22. The van der Waals surface area contributed by atoms with E-state index in [1.807, 2.05) is 43.3 Å². The molecule has 1 N–H and O–H groups in total. The molecule has 0 spiro atoms. The summed E-state index contributed by atoms with van der Waals surface area (Å²) in [7, 11) is 0. The van der Waals surface area contributed by atoms with Gasteiger partial charge in [-0.05, 0) is 58.7 Å². The molecule has 2 aromatic heterocycles. The molecule has 9 heteroatoms. The minimum atomic E-state index is -0.277. The van der Waals surface area contributed by atoms with Gasteiger partial charge in [-0.2, -0.15) is 5.10 Å². The fraction of sp³-hybridized carbons (Fsp3) is 0.583. The van der Waals surface area contributed by atoms with E-state index < -0.39 is 0 Å². The zero-order valence-corrected chi connectivity index (χ0v) is 20.0. The largest absolute Gasteiger partial charge is 0.376 e. The minimum Gasteiger partial charge on any atom is -0.376 e. The predicted octanol–water partition coefficient (Wildman–Crippen LogP) is 2.21. The SMILES string of the molecule is Cc1cc(C(=O)N2CCN(c3ncccc3C(=O)NCC3CCCO3)CC2)n(C(C)(C)C)n1. The molecule has 178 valence electrons. The Morgan fingerprint density at radius 2 is 1.97 bits per heavy atom. The second-order valence-corrected chi connectivity index (χ2v) is 9.75. The normalized spacial score (nSPS) is 19.1. The van der Waals surface area contributed by atoms with E-state index in [1.165, 1.54) is 0 Å². The summed E-state index contributed by atoms with van der Waals surface area (Å²) in [5, 5.41) is 7.52. The van der Waals surface area contributed by atoms with E-state index in [-0.39, 0.29) is 23.5 Å². The number of piperazine rings is 1. The monoisotopic (exact) mass is 454 g/mol. The van der Waals surface area contributed by atoms with Crippen molar-refractivity contribution >= 4 is 17.6 Å². The van der Waals surface area contributed by atoms with Crippen LogP contribution < -0.4 is 10.2 Å². The van der Waals surface area contributed by atoms with Gasteiger partial charge in [0.25, 0.3) is 11.8 Å². The summed E-state index contributed by atoms with van der Waals surface area (Å²) in [6.07, 6.45) is 3.81. The molecule has 4 heterocycles. The first kappa shape index (κ1) is 23.2. The molecule has 2 aromatic rings. The number of anilines is 1. The maximum absolute atomic E-state index is 13.3. The number of aryl methyl sites for hydroxylation is 1. The predicted molar refractivity (Wildman–Crippen MR) is 126 cm³/mol. The van der Waals surface area contributed by atoms with Gasteiger partial charge in [0.05, 0.1) is 22.9 Å². The van der Waals surface area contributed by atoms with Crippen molar-refractivity contribution in [1.29, 1.82) is 0 Å². The Bertz CT molecular complexity index is 998. The highest BCUT2D eigenvalue weighted by molar-refractivity contribution is 5.99. The Labute approximate surface area is 195 Å². The third-order valence-electron chi connectivity index (χ3n) is 6.10. The van der Waals surface area contributed by atoms with Crippen molar-refractivity contribution in [2.45, 2.75) is 52.2 Å². The molecule has 2 aliphatic heterocycles. The molecule has 0 bridgehead atoms. The molecular weight excluding hydrogens is 420 g/mol. The molecule has 2 amide bonds. The molecular formula is C24H34N6O3. The molecule has 0 radical (unpaired) electrons. The van der Waals surface area contributed by atoms with Crippen LogP contribution in [0.5, 0.6) is 0 Å². The molecule has 1 unspecified atom stereocenters. The lowest BCUT2D eigenvalue weighted by Crippen LogP contribution is -2.50. The van der Waals surface area contributed by atoms with Crippen LogP contribution in [-0.2, 0) is 10.3 Å². The zero-order chi connectivity index (χ0) is 23.6. The summed E-state index contributed by atoms with van der Waals surface area (Å²) in [5.41, 5.74) is 1.72. The summed E-state index contributed by atoms with van der Waals surface area (Å²) in [6, 6.07) is 5.44. The number of amides is 2.